The van der Waals surface area contributed by atoms with E-state index in [1.165, 1.54) is 0 Å². The van der Waals surface area contributed by atoms with Gasteiger partial charge < -0.3 is 10.0 Å². The summed E-state index contributed by atoms with van der Waals surface area (Å²) in [7, 11) is 0. The molecule has 1 aliphatic heterocycles. The molecule has 0 amide bonds. The number of aliphatic carboxylic acids is 1. The second-order valence-corrected chi connectivity index (χ2v) is 4.20. The SMILES string of the molecule is Cc1cc(N2CCCCC2C(=O)O)ccn1. The van der Waals surface area contributed by atoms with Crippen LogP contribution in [0, 0.1) is 6.92 Å². The van der Waals surface area contributed by atoms with Crippen molar-refractivity contribution in [3.05, 3.63) is 24.0 Å². The van der Waals surface area contributed by atoms with Gasteiger partial charge in [0, 0.05) is 24.1 Å². The molecular formula is C12H16N2O2. The normalized spacial score (nSPS) is 20.8. The lowest BCUT2D eigenvalue weighted by Gasteiger charge is -2.34. The molecule has 0 saturated carbocycles. The average Bonchev–Trinajstić information content (AvgIpc) is 2.29. The maximum Gasteiger partial charge on any atom is 0.326 e. The average molecular weight is 220 g/mol. The van der Waals surface area contributed by atoms with Crippen LogP contribution in [0.1, 0.15) is 25.0 Å². The van der Waals surface area contributed by atoms with E-state index >= 15 is 0 Å². The predicted octanol–water partition coefficient (Wildman–Crippen LogP) is 1.83. The van der Waals surface area contributed by atoms with Crippen molar-refractivity contribution in [1.29, 1.82) is 0 Å². The molecule has 0 aliphatic carbocycles. The fourth-order valence-electron chi connectivity index (χ4n) is 2.21. The molecule has 1 saturated heterocycles. The topological polar surface area (TPSA) is 53.4 Å². The Kier molecular flexibility index (Phi) is 3.08. The van der Waals surface area contributed by atoms with Crippen LogP contribution in [-0.4, -0.2) is 28.6 Å². The van der Waals surface area contributed by atoms with Crippen molar-refractivity contribution in [1.82, 2.24) is 4.98 Å². The van der Waals surface area contributed by atoms with Crippen LogP contribution < -0.4 is 4.90 Å². The molecule has 1 atom stereocenters. The number of hydrogen-bond donors (Lipinski definition) is 1. The Morgan fingerprint density at radius 2 is 2.38 bits per heavy atom. The van der Waals surface area contributed by atoms with Crippen LogP contribution in [0.2, 0.25) is 0 Å². The first kappa shape index (κ1) is 10.9. The number of carbonyl (C=O) groups is 1. The zero-order valence-corrected chi connectivity index (χ0v) is 9.39. The summed E-state index contributed by atoms with van der Waals surface area (Å²) >= 11 is 0. The van der Waals surface area contributed by atoms with E-state index in [0.29, 0.717) is 0 Å². The van der Waals surface area contributed by atoms with Crippen LogP contribution in [0.25, 0.3) is 0 Å². The molecule has 0 bridgehead atoms. The Morgan fingerprint density at radius 1 is 1.56 bits per heavy atom. The molecule has 2 rings (SSSR count). The number of carboxylic acids is 1. The molecule has 0 aromatic carbocycles. The standard InChI is InChI=1S/C12H16N2O2/c1-9-8-10(5-6-13-9)14-7-3-2-4-11(14)12(15)16/h5-6,8,11H,2-4,7H2,1H3,(H,15,16). The Hall–Kier alpha value is -1.58. The molecule has 4 nitrogen and oxygen atoms in total. The van der Waals surface area contributed by atoms with E-state index in [1.54, 1.807) is 6.20 Å². The minimum atomic E-state index is -0.728. The summed E-state index contributed by atoms with van der Waals surface area (Å²) in [4.78, 5) is 17.3. The second-order valence-electron chi connectivity index (χ2n) is 4.20. The molecule has 1 fully saturated rings. The quantitative estimate of drug-likeness (QED) is 0.826. The van der Waals surface area contributed by atoms with Gasteiger partial charge in [0.05, 0.1) is 0 Å². The molecule has 1 unspecified atom stereocenters. The number of anilines is 1. The number of aromatic nitrogens is 1. The number of hydrogen-bond acceptors (Lipinski definition) is 3. The van der Waals surface area contributed by atoms with E-state index in [2.05, 4.69) is 4.98 Å². The van der Waals surface area contributed by atoms with E-state index in [-0.39, 0.29) is 6.04 Å². The molecule has 2 heterocycles. The summed E-state index contributed by atoms with van der Waals surface area (Å²) in [6, 6.07) is 3.45. The molecule has 1 aromatic heterocycles. The van der Waals surface area contributed by atoms with Gasteiger partial charge in [0.15, 0.2) is 0 Å². The summed E-state index contributed by atoms with van der Waals surface area (Å²) in [5.74, 6) is -0.728. The van der Waals surface area contributed by atoms with Gasteiger partial charge >= 0.3 is 5.97 Å². The van der Waals surface area contributed by atoms with Gasteiger partial charge in [-0.05, 0) is 38.3 Å². The van der Waals surface area contributed by atoms with Crippen molar-refractivity contribution < 1.29 is 9.90 Å². The molecular weight excluding hydrogens is 204 g/mol. The van der Waals surface area contributed by atoms with Crippen LogP contribution in [0.15, 0.2) is 18.3 Å². The lowest BCUT2D eigenvalue weighted by Crippen LogP contribution is -2.44. The number of carboxylic acid groups (broad SMARTS) is 1. The lowest BCUT2D eigenvalue weighted by atomic mass is 10.0. The first-order valence-electron chi connectivity index (χ1n) is 5.60. The first-order chi connectivity index (χ1) is 7.68. The van der Waals surface area contributed by atoms with Crippen LogP contribution in [0.3, 0.4) is 0 Å². The Labute approximate surface area is 94.9 Å². The van der Waals surface area contributed by atoms with Gasteiger partial charge in [-0.2, -0.15) is 0 Å². The zero-order valence-electron chi connectivity index (χ0n) is 9.39. The van der Waals surface area contributed by atoms with Crippen LogP contribution >= 0.6 is 0 Å². The minimum Gasteiger partial charge on any atom is -0.480 e. The number of pyridine rings is 1. The zero-order chi connectivity index (χ0) is 11.5. The Morgan fingerprint density at radius 3 is 3.06 bits per heavy atom. The van der Waals surface area contributed by atoms with Gasteiger partial charge in [-0.15, -0.1) is 0 Å². The van der Waals surface area contributed by atoms with E-state index < -0.39 is 5.97 Å². The molecule has 86 valence electrons. The van der Waals surface area contributed by atoms with E-state index in [1.807, 2.05) is 24.0 Å². The lowest BCUT2D eigenvalue weighted by molar-refractivity contribution is -0.139. The fraction of sp³-hybridized carbons (Fsp3) is 0.500. The van der Waals surface area contributed by atoms with Crippen LogP contribution in [0.5, 0.6) is 0 Å². The number of nitrogens with zero attached hydrogens (tertiary/aromatic N) is 2. The number of rotatable bonds is 2. The van der Waals surface area contributed by atoms with Crippen molar-refractivity contribution in [3.63, 3.8) is 0 Å². The van der Waals surface area contributed by atoms with Gasteiger partial charge in [0.25, 0.3) is 0 Å². The largest absolute Gasteiger partial charge is 0.480 e. The van der Waals surface area contributed by atoms with Gasteiger partial charge in [-0.3, -0.25) is 4.98 Å². The van der Waals surface area contributed by atoms with Crippen molar-refractivity contribution >= 4 is 11.7 Å². The third-order valence-corrected chi connectivity index (χ3v) is 3.00. The second kappa shape index (κ2) is 4.51. The highest BCUT2D eigenvalue weighted by Gasteiger charge is 2.28. The smallest absolute Gasteiger partial charge is 0.326 e. The monoisotopic (exact) mass is 220 g/mol. The summed E-state index contributed by atoms with van der Waals surface area (Å²) in [5, 5.41) is 9.18. The maximum atomic E-state index is 11.2. The maximum absolute atomic E-state index is 11.2. The predicted molar refractivity (Wildman–Crippen MR) is 61.6 cm³/mol. The third kappa shape index (κ3) is 2.15. The highest BCUT2D eigenvalue weighted by Crippen LogP contribution is 2.24. The van der Waals surface area contributed by atoms with E-state index in [0.717, 1.165) is 37.2 Å². The molecule has 4 heteroatoms. The summed E-state index contributed by atoms with van der Waals surface area (Å²) in [5.41, 5.74) is 1.90. The fourth-order valence-corrected chi connectivity index (χ4v) is 2.21. The Bertz CT molecular complexity index is 392. The molecule has 1 aromatic rings. The first-order valence-corrected chi connectivity index (χ1v) is 5.60. The van der Waals surface area contributed by atoms with Gasteiger partial charge in [0.1, 0.15) is 6.04 Å². The third-order valence-electron chi connectivity index (χ3n) is 3.00. The van der Waals surface area contributed by atoms with Crippen LogP contribution in [-0.2, 0) is 4.79 Å². The van der Waals surface area contributed by atoms with Crippen molar-refractivity contribution in [3.8, 4) is 0 Å². The molecule has 16 heavy (non-hydrogen) atoms. The highest BCUT2D eigenvalue weighted by atomic mass is 16.4. The summed E-state index contributed by atoms with van der Waals surface area (Å²) < 4.78 is 0. The molecule has 0 spiro atoms. The van der Waals surface area contributed by atoms with Gasteiger partial charge in [-0.1, -0.05) is 0 Å². The van der Waals surface area contributed by atoms with Gasteiger partial charge in [-0.25, -0.2) is 4.79 Å². The van der Waals surface area contributed by atoms with E-state index in [4.69, 9.17) is 0 Å². The van der Waals surface area contributed by atoms with Crippen molar-refractivity contribution in [2.24, 2.45) is 0 Å². The van der Waals surface area contributed by atoms with Crippen LogP contribution in [0.4, 0.5) is 5.69 Å². The van der Waals surface area contributed by atoms with Crippen molar-refractivity contribution in [2.45, 2.75) is 32.2 Å². The van der Waals surface area contributed by atoms with E-state index in [9.17, 15) is 9.90 Å². The minimum absolute atomic E-state index is 0.379. The summed E-state index contributed by atoms with van der Waals surface area (Å²) in [6.45, 7) is 2.74. The summed E-state index contributed by atoms with van der Waals surface area (Å²) in [6.07, 6.45) is 4.53. The number of aryl methyl sites for hydroxylation is 1. The Balaban J connectivity index is 2.26. The molecule has 0 radical (unpaired) electrons. The number of piperidine rings is 1. The van der Waals surface area contributed by atoms with Crippen molar-refractivity contribution in [2.75, 3.05) is 11.4 Å². The molecule has 1 aliphatic rings. The molecule has 1 N–H and O–H groups in total. The van der Waals surface area contributed by atoms with Gasteiger partial charge in [0.2, 0.25) is 0 Å². The highest BCUT2D eigenvalue weighted by molar-refractivity contribution is 5.78.